The third kappa shape index (κ3) is 4.16. The largest absolute Gasteiger partial charge is 0.507 e. The smallest absolute Gasteiger partial charge is 0.416 e. The number of piperidine rings is 1. The number of aromatic nitrogens is 2. The molecular formula is C20H21F3N4OS. The van der Waals surface area contributed by atoms with Crippen LogP contribution in [-0.2, 0) is 6.18 Å². The summed E-state index contributed by atoms with van der Waals surface area (Å²) in [6, 6.07) is 5.15. The Morgan fingerprint density at radius 1 is 1.24 bits per heavy atom. The molecule has 9 heteroatoms. The number of alkyl halides is 3. The van der Waals surface area contributed by atoms with Crippen molar-refractivity contribution >= 4 is 26.6 Å². The molecule has 1 fully saturated rings. The number of hydrogen-bond acceptors (Lipinski definition) is 6. The minimum Gasteiger partial charge on any atom is -0.507 e. The predicted octanol–water partition coefficient (Wildman–Crippen LogP) is 4.90. The van der Waals surface area contributed by atoms with Crippen LogP contribution >= 0.6 is 11.3 Å². The quantitative estimate of drug-likeness (QED) is 0.629. The Bertz CT molecular complexity index is 1050. The molecule has 1 aliphatic rings. The zero-order chi connectivity index (χ0) is 20.8. The van der Waals surface area contributed by atoms with Crippen LogP contribution < -0.4 is 5.32 Å². The zero-order valence-electron chi connectivity index (χ0n) is 16.0. The number of phenols is 1. The molecule has 1 aliphatic heterocycles. The number of nitrogens with one attached hydrogen (secondary N) is 1. The Labute approximate surface area is 170 Å². The molecule has 1 aromatic carbocycles. The summed E-state index contributed by atoms with van der Waals surface area (Å²) in [6.07, 6.45) is -2.26. The maximum atomic E-state index is 12.8. The van der Waals surface area contributed by atoms with Crippen LogP contribution in [0.25, 0.3) is 21.6 Å². The second-order valence-electron chi connectivity index (χ2n) is 7.43. The van der Waals surface area contributed by atoms with Gasteiger partial charge in [-0.1, -0.05) is 0 Å². The van der Waals surface area contributed by atoms with E-state index in [1.165, 1.54) is 6.07 Å². The Morgan fingerprint density at radius 2 is 2.03 bits per heavy atom. The third-order valence-corrected chi connectivity index (χ3v) is 6.24. The lowest BCUT2D eigenvalue weighted by atomic mass is 10.1. The predicted molar refractivity (Wildman–Crippen MR) is 108 cm³/mol. The van der Waals surface area contributed by atoms with Gasteiger partial charge in [-0.15, -0.1) is 11.3 Å². The van der Waals surface area contributed by atoms with Gasteiger partial charge in [0.15, 0.2) is 5.82 Å². The minimum atomic E-state index is -4.52. The van der Waals surface area contributed by atoms with Crippen molar-refractivity contribution in [3.8, 4) is 17.1 Å². The highest BCUT2D eigenvalue weighted by Gasteiger charge is 2.31. The maximum absolute atomic E-state index is 12.8. The number of likely N-dealkylation sites (N-methyl/N-ethyl adjacent to an activating group) is 1. The zero-order valence-corrected chi connectivity index (χ0v) is 16.9. The maximum Gasteiger partial charge on any atom is 0.416 e. The number of hydrogen-bond donors (Lipinski definition) is 2. The number of aromatic hydroxyl groups is 1. The van der Waals surface area contributed by atoms with Crippen molar-refractivity contribution in [1.82, 2.24) is 14.9 Å². The van der Waals surface area contributed by atoms with E-state index in [4.69, 9.17) is 0 Å². The highest BCUT2D eigenvalue weighted by molar-refractivity contribution is 7.22. The van der Waals surface area contributed by atoms with E-state index in [2.05, 4.69) is 27.2 Å². The molecule has 0 saturated carbocycles. The van der Waals surface area contributed by atoms with Gasteiger partial charge in [-0.05, 0) is 57.6 Å². The number of aryl methyl sites for hydroxylation is 1. The van der Waals surface area contributed by atoms with Crippen LogP contribution in [0.5, 0.6) is 5.75 Å². The number of thiophene rings is 1. The molecule has 0 aliphatic carbocycles. The number of likely N-dealkylation sites (tertiary alicyclic amines) is 1. The lowest BCUT2D eigenvalue weighted by Crippen LogP contribution is -2.39. The van der Waals surface area contributed by atoms with Crippen LogP contribution in [0, 0.1) is 6.92 Å². The highest BCUT2D eigenvalue weighted by Crippen LogP contribution is 2.37. The van der Waals surface area contributed by atoms with Crippen molar-refractivity contribution in [2.75, 3.05) is 25.5 Å². The highest BCUT2D eigenvalue weighted by atomic mass is 32.1. The van der Waals surface area contributed by atoms with Gasteiger partial charge >= 0.3 is 6.18 Å². The summed E-state index contributed by atoms with van der Waals surface area (Å²) in [5.41, 5.74) is 0.709. The number of fused-ring (bicyclic) bond motifs is 1. The molecule has 2 aromatic heterocycles. The lowest BCUT2D eigenvalue weighted by Gasteiger charge is -2.30. The molecule has 1 saturated heterocycles. The van der Waals surface area contributed by atoms with Crippen molar-refractivity contribution in [2.24, 2.45) is 0 Å². The molecule has 0 spiro atoms. The first kappa shape index (κ1) is 19.9. The molecule has 154 valence electrons. The van der Waals surface area contributed by atoms with Crippen molar-refractivity contribution in [1.29, 1.82) is 0 Å². The fourth-order valence-corrected chi connectivity index (χ4v) is 4.66. The first-order valence-corrected chi connectivity index (χ1v) is 10.2. The van der Waals surface area contributed by atoms with Gasteiger partial charge in [0, 0.05) is 12.6 Å². The molecule has 1 atom stereocenters. The summed E-state index contributed by atoms with van der Waals surface area (Å²) < 4.78 is 39.5. The molecule has 3 aromatic rings. The van der Waals surface area contributed by atoms with E-state index in [1.54, 1.807) is 11.3 Å². The van der Waals surface area contributed by atoms with E-state index in [0.29, 0.717) is 17.6 Å². The number of nitrogens with zero attached hydrogens (tertiary/aromatic N) is 3. The van der Waals surface area contributed by atoms with Crippen LogP contribution in [0.3, 0.4) is 0 Å². The Morgan fingerprint density at radius 3 is 2.72 bits per heavy atom. The fraction of sp³-hybridized carbons (Fsp3) is 0.400. The van der Waals surface area contributed by atoms with Crippen molar-refractivity contribution in [2.45, 2.75) is 32.0 Å². The van der Waals surface area contributed by atoms with Crippen molar-refractivity contribution in [3.05, 3.63) is 35.5 Å². The normalized spacial score (nSPS) is 18.3. The number of halogens is 3. The Hall–Kier alpha value is -2.39. The molecule has 0 radical (unpaired) electrons. The second kappa shape index (κ2) is 7.46. The summed E-state index contributed by atoms with van der Waals surface area (Å²) in [5, 5.41) is 14.7. The van der Waals surface area contributed by atoms with Gasteiger partial charge in [-0.25, -0.2) is 9.97 Å². The van der Waals surface area contributed by atoms with Gasteiger partial charge in [0.05, 0.1) is 32.0 Å². The standard InChI is InChI=1S/C20H21F3N4OS/c1-11-18-15(9-17(29-18)25-13-4-3-7-27(2)10-13)26-19(24-11)14-6-5-12(8-16(14)28)20(21,22)23/h5-6,8-9,13,25,28H,3-4,7,10H2,1-2H3/t13-/m1/s1. The molecule has 5 nitrogen and oxygen atoms in total. The SMILES string of the molecule is Cc1nc(-c2ccc(C(F)(F)F)cc2O)nc2cc(N[C@@H]3CCCN(C)C3)sc12. The van der Waals surface area contributed by atoms with Gasteiger partial charge in [-0.3, -0.25) is 0 Å². The molecule has 0 amide bonds. The van der Waals surface area contributed by atoms with Crippen LogP contribution in [-0.4, -0.2) is 46.2 Å². The van der Waals surface area contributed by atoms with E-state index >= 15 is 0 Å². The van der Waals surface area contributed by atoms with Crippen LogP contribution in [0.4, 0.5) is 18.2 Å². The summed E-state index contributed by atoms with van der Waals surface area (Å²) >= 11 is 1.57. The van der Waals surface area contributed by atoms with Gasteiger partial charge in [0.1, 0.15) is 5.75 Å². The summed E-state index contributed by atoms with van der Waals surface area (Å²) in [4.78, 5) is 11.2. The topological polar surface area (TPSA) is 61.3 Å². The Balaban J connectivity index is 1.65. The monoisotopic (exact) mass is 422 g/mol. The van der Waals surface area contributed by atoms with Gasteiger partial charge in [0.2, 0.25) is 0 Å². The number of benzene rings is 1. The molecule has 2 N–H and O–H groups in total. The van der Waals surface area contributed by atoms with Crippen LogP contribution in [0.2, 0.25) is 0 Å². The number of phenolic OH excluding ortho intramolecular Hbond substituents is 1. The first-order valence-electron chi connectivity index (χ1n) is 9.34. The molecule has 3 heterocycles. The van der Waals surface area contributed by atoms with Crippen molar-refractivity contribution in [3.63, 3.8) is 0 Å². The van der Waals surface area contributed by atoms with E-state index in [9.17, 15) is 18.3 Å². The number of rotatable bonds is 3. The molecular weight excluding hydrogens is 401 g/mol. The van der Waals surface area contributed by atoms with E-state index in [-0.39, 0.29) is 11.4 Å². The van der Waals surface area contributed by atoms with E-state index in [0.717, 1.165) is 47.4 Å². The summed E-state index contributed by atoms with van der Waals surface area (Å²) in [6.45, 7) is 3.92. The third-order valence-electron chi connectivity index (χ3n) is 5.08. The van der Waals surface area contributed by atoms with Gasteiger partial charge in [-0.2, -0.15) is 13.2 Å². The Kier molecular flexibility index (Phi) is 5.12. The summed E-state index contributed by atoms with van der Waals surface area (Å²) in [5.74, 6) is -0.277. The van der Waals surface area contributed by atoms with Gasteiger partial charge < -0.3 is 15.3 Å². The van der Waals surface area contributed by atoms with E-state index in [1.807, 2.05) is 13.0 Å². The van der Waals surface area contributed by atoms with Crippen molar-refractivity contribution < 1.29 is 18.3 Å². The number of anilines is 1. The van der Waals surface area contributed by atoms with E-state index < -0.39 is 17.5 Å². The lowest BCUT2D eigenvalue weighted by molar-refractivity contribution is -0.137. The molecule has 4 rings (SSSR count). The molecule has 0 bridgehead atoms. The second-order valence-corrected chi connectivity index (χ2v) is 8.49. The fourth-order valence-electron chi connectivity index (χ4n) is 3.65. The molecule has 29 heavy (non-hydrogen) atoms. The van der Waals surface area contributed by atoms with Gasteiger partial charge in [0.25, 0.3) is 0 Å². The minimum absolute atomic E-state index is 0.178. The van der Waals surface area contributed by atoms with Crippen LogP contribution in [0.1, 0.15) is 24.1 Å². The average molecular weight is 422 g/mol. The summed E-state index contributed by atoms with van der Waals surface area (Å²) in [7, 11) is 2.11. The van der Waals surface area contributed by atoms with Crippen LogP contribution in [0.15, 0.2) is 24.3 Å². The molecule has 0 unspecified atom stereocenters. The first-order chi connectivity index (χ1) is 13.7. The average Bonchev–Trinajstić information content (AvgIpc) is 3.04.